The van der Waals surface area contributed by atoms with Crippen LogP contribution in [0.2, 0.25) is 10.0 Å². The molecular formula is C26H32Cl2F6N6O5. The van der Waals surface area contributed by atoms with Crippen molar-refractivity contribution in [3.05, 3.63) is 40.0 Å². The Balaban J connectivity index is 0.000000601. The summed E-state index contributed by atoms with van der Waals surface area (Å²) in [6.07, 6.45) is -4.26. The fraction of sp³-hybridized carbons (Fsp3) is 0.500. The maximum absolute atomic E-state index is 12.4. The topological polar surface area (TPSA) is 148 Å². The van der Waals surface area contributed by atoms with Crippen molar-refractivity contribution in [2.75, 3.05) is 43.2 Å². The van der Waals surface area contributed by atoms with E-state index >= 15 is 0 Å². The van der Waals surface area contributed by atoms with E-state index in [9.17, 15) is 31.1 Å². The highest BCUT2D eigenvalue weighted by Gasteiger charge is 2.39. The van der Waals surface area contributed by atoms with E-state index in [-0.39, 0.29) is 5.91 Å². The molecule has 0 radical (unpaired) electrons. The fourth-order valence-corrected chi connectivity index (χ4v) is 4.23. The number of benzene rings is 1. The number of carbonyl (C=O) groups is 3. The minimum atomic E-state index is -5.08. The quantitative estimate of drug-likeness (QED) is 0.266. The molecule has 2 aromatic rings. The van der Waals surface area contributed by atoms with Crippen LogP contribution in [0, 0.1) is 6.92 Å². The Labute approximate surface area is 264 Å². The second kappa shape index (κ2) is 17.2. The predicted molar refractivity (Wildman–Crippen MR) is 156 cm³/mol. The van der Waals surface area contributed by atoms with E-state index in [0.717, 1.165) is 37.1 Å². The third-order valence-electron chi connectivity index (χ3n) is 6.10. The second-order valence-electron chi connectivity index (χ2n) is 9.94. The van der Waals surface area contributed by atoms with Crippen LogP contribution >= 0.6 is 23.2 Å². The van der Waals surface area contributed by atoms with Crippen LogP contribution in [0.3, 0.4) is 0 Å². The van der Waals surface area contributed by atoms with Crippen LogP contribution < -0.4 is 15.5 Å². The van der Waals surface area contributed by atoms with E-state index < -0.39 is 24.3 Å². The Morgan fingerprint density at radius 1 is 0.933 bits per heavy atom. The highest BCUT2D eigenvalue weighted by molar-refractivity contribution is 6.42. The average Bonchev–Trinajstić information content (AvgIpc) is 2.91. The molecule has 1 aromatic carbocycles. The molecule has 1 saturated carbocycles. The number of hydrogen-bond donors (Lipinski definition) is 4. The molecule has 1 amide bonds. The molecule has 19 heteroatoms. The smallest absolute Gasteiger partial charge is 0.475 e. The van der Waals surface area contributed by atoms with Crippen LogP contribution in [0.15, 0.2) is 24.4 Å². The van der Waals surface area contributed by atoms with Gasteiger partial charge in [-0.25, -0.2) is 14.6 Å². The number of aromatic nitrogens is 2. The van der Waals surface area contributed by atoms with Gasteiger partial charge in [0.1, 0.15) is 5.82 Å². The van der Waals surface area contributed by atoms with Crippen molar-refractivity contribution >= 4 is 58.5 Å². The van der Waals surface area contributed by atoms with Crippen LogP contribution in [-0.2, 0) is 14.4 Å². The minimum Gasteiger partial charge on any atom is -0.475 e. The maximum Gasteiger partial charge on any atom is 0.490 e. The highest BCUT2D eigenvalue weighted by Crippen LogP contribution is 2.27. The van der Waals surface area contributed by atoms with Crippen molar-refractivity contribution in [2.24, 2.45) is 0 Å². The lowest BCUT2D eigenvalue weighted by atomic mass is 9.90. The molecule has 1 heterocycles. The van der Waals surface area contributed by atoms with Gasteiger partial charge in [0.15, 0.2) is 0 Å². The number of alkyl halides is 6. The lowest BCUT2D eigenvalue weighted by Crippen LogP contribution is -2.42. The van der Waals surface area contributed by atoms with Crippen molar-refractivity contribution in [1.29, 1.82) is 0 Å². The molecule has 0 saturated heterocycles. The highest BCUT2D eigenvalue weighted by atomic mass is 35.5. The van der Waals surface area contributed by atoms with E-state index in [2.05, 4.69) is 25.5 Å². The minimum absolute atomic E-state index is 0.0644. The number of carboxylic acid groups (broad SMARTS) is 2. The van der Waals surface area contributed by atoms with Crippen LogP contribution in [0.5, 0.6) is 0 Å². The van der Waals surface area contributed by atoms with Gasteiger partial charge in [-0.15, -0.1) is 0 Å². The van der Waals surface area contributed by atoms with Gasteiger partial charge in [0.05, 0.1) is 16.6 Å². The Morgan fingerprint density at radius 3 is 1.89 bits per heavy atom. The van der Waals surface area contributed by atoms with Gasteiger partial charge in [0.25, 0.3) is 0 Å². The maximum atomic E-state index is 12.4. The number of aryl methyl sites for hydroxylation is 1. The largest absolute Gasteiger partial charge is 0.490 e. The third kappa shape index (κ3) is 14.4. The number of likely N-dealkylation sites (N-methyl/N-ethyl adjacent to an activating group) is 1. The second-order valence-corrected chi connectivity index (χ2v) is 10.8. The molecule has 252 valence electrons. The lowest BCUT2D eigenvalue weighted by molar-refractivity contribution is -0.193. The molecule has 1 aliphatic carbocycles. The third-order valence-corrected chi connectivity index (χ3v) is 6.84. The number of carbonyl (C=O) groups excluding carboxylic acids is 1. The first kappa shape index (κ1) is 39.5. The van der Waals surface area contributed by atoms with E-state index in [4.69, 9.17) is 43.0 Å². The van der Waals surface area contributed by atoms with Crippen LogP contribution in [0.4, 0.5) is 43.8 Å². The Kier molecular flexibility index (Phi) is 15.1. The van der Waals surface area contributed by atoms with E-state index in [0.29, 0.717) is 40.3 Å². The SMILES string of the molecule is Cc1cnc(NC2CCC(N(C)CC(=O)Nc3ccc(Cl)c(Cl)c3)CC2)nc1N(C)C.O=C(O)C(F)(F)F.O=C(O)C(F)(F)F. The zero-order valence-corrected chi connectivity index (χ0v) is 25.9. The van der Waals surface area contributed by atoms with Crippen LogP contribution in [-0.4, -0.2) is 95.1 Å². The van der Waals surface area contributed by atoms with E-state index in [1.54, 1.807) is 18.2 Å². The number of nitrogens with zero attached hydrogens (tertiary/aromatic N) is 4. The van der Waals surface area contributed by atoms with Crippen LogP contribution in [0.25, 0.3) is 0 Å². The molecule has 0 spiro atoms. The van der Waals surface area contributed by atoms with Gasteiger partial charge in [-0.2, -0.15) is 31.3 Å². The van der Waals surface area contributed by atoms with Crippen molar-refractivity contribution in [1.82, 2.24) is 14.9 Å². The van der Waals surface area contributed by atoms with Crippen molar-refractivity contribution in [3.63, 3.8) is 0 Å². The number of amides is 1. The monoisotopic (exact) mass is 692 g/mol. The summed E-state index contributed by atoms with van der Waals surface area (Å²) in [6, 6.07) is 5.79. The number of aliphatic carboxylic acids is 2. The lowest BCUT2D eigenvalue weighted by Gasteiger charge is -2.34. The number of nitrogens with one attached hydrogen (secondary N) is 2. The summed E-state index contributed by atoms with van der Waals surface area (Å²) in [5.74, 6) is -3.98. The zero-order chi connectivity index (χ0) is 34.7. The first-order chi connectivity index (χ1) is 20.6. The van der Waals surface area contributed by atoms with Gasteiger partial charge in [0.2, 0.25) is 11.9 Å². The molecule has 0 unspecified atom stereocenters. The molecular weight excluding hydrogens is 661 g/mol. The van der Waals surface area contributed by atoms with Gasteiger partial charge in [-0.1, -0.05) is 23.2 Å². The van der Waals surface area contributed by atoms with Gasteiger partial charge in [-0.05, 0) is 57.9 Å². The average molecular weight is 693 g/mol. The summed E-state index contributed by atoms with van der Waals surface area (Å²) in [5, 5.41) is 21.5. The number of halogens is 8. The summed E-state index contributed by atoms with van der Waals surface area (Å²) in [6.45, 7) is 2.34. The number of hydrogen-bond acceptors (Lipinski definition) is 8. The summed E-state index contributed by atoms with van der Waals surface area (Å²) in [4.78, 5) is 43.4. The van der Waals surface area contributed by atoms with E-state index in [1.807, 2.05) is 39.2 Å². The number of anilines is 3. The molecule has 0 aliphatic heterocycles. The standard InChI is InChI=1S/C22H30Cl2N6O.2C2HF3O2/c1-14-12-25-22(28-21(14)29(2)3)27-15-5-8-17(9-6-15)30(4)13-20(31)26-16-7-10-18(23)19(24)11-16;2*3-2(4,5)1(6)7/h7,10-12,15,17H,5-6,8-9,13H2,1-4H3,(H,26,31)(H,25,27,28);2*(H,6,7). The first-order valence-electron chi connectivity index (χ1n) is 12.9. The molecule has 1 fully saturated rings. The normalized spacial score (nSPS) is 16.4. The van der Waals surface area contributed by atoms with Gasteiger partial charge < -0.3 is 25.7 Å². The molecule has 45 heavy (non-hydrogen) atoms. The molecule has 1 aliphatic rings. The van der Waals surface area contributed by atoms with Crippen molar-refractivity contribution < 1.29 is 50.9 Å². The molecule has 3 rings (SSSR count). The zero-order valence-electron chi connectivity index (χ0n) is 24.4. The van der Waals surface area contributed by atoms with E-state index in [1.165, 1.54) is 0 Å². The van der Waals surface area contributed by atoms with Gasteiger partial charge in [-0.3, -0.25) is 9.69 Å². The first-order valence-corrected chi connectivity index (χ1v) is 13.7. The van der Waals surface area contributed by atoms with Gasteiger partial charge >= 0.3 is 24.3 Å². The number of rotatable bonds is 7. The molecule has 4 N–H and O–H groups in total. The van der Waals surface area contributed by atoms with Crippen LogP contribution in [0.1, 0.15) is 31.2 Å². The molecule has 11 nitrogen and oxygen atoms in total. The Bertz CT molecular complexity index is 1280. The predicted octanol–water partition coefficient (Wildman–Crippen LogP) is 5.72. The molecule has 0 bridgehead atoms. The molecule has 1 aromatic heterocycles. The molecule has 0 atom stereocenters. The Hall–Kier alpha value is -3.57. The van der Waals surface area contributed by atoms with Crippen molar-refractivity contribution in [2.45, 2.75) is 57.0 Å². The fourth-order valence-electron chi connectivity index (χ4n) is 3.93. The number of carboxylic acids is 2. The summed E-state index contributed by atoms with van der Waals surface area (Å²) in [7, 11) is 5.97. The summed E-state index contributed by atoms with van der Waals surface area (Å²) in [5.41, 5.74) is 1.70. The van der Waals surface area contributed by atoms with Gasteiger partial charge in [0, 0.05) is 43.6 Å². The Morgan fingerprint density at radius 2 is 1.44 bits per heavy atom. The summed E-state index contributed by atoms with van der Waals surface area (Å²) >= 11 is 11.9. The summed E-state index contributed by atoms with van der Waals surface area (Å²) < 4.78 is 63.5. The van der Waals surface area contributed by atoms with Crippen molar-refractivity contribution in [3.8, 4) is 0 Å².